The molecule has 1 fully saturated rings. The van der Waals surface area contributed by atoms with E-state index in [4.69, 9.17) is 4.74 Å². The zero-order valence-electron chi connectivity index (χ0n) is 8.91. The van der Waals surface area contributed by atoms with Crippen molar-refractivity contribution < 1.29 is 14.3 Å². The number of hydrogen-bond acceptors (Lipinski definition) is 3. The van der Waals surface area contributed by atoms with Gasteiger partial charge in [0.05, 0.1) is 6.61 Å². The van der Waals surface area contributed by atoms with Crippen molar-refractivity contribution in [2.24, 2.45) is 0 Å². The fraction of sp³-hybridized carbons (Fsp3) is 0.636. The van der Waals surface area contributed by atoms with Gasteiger partial charge in [0.25, 0.3) is 0 Å². The second kappa shape index (κ2) is 6.22. The maximum absolute atomic E-state index is 11.2. The van der Waals surface area contributed by atoms with Gasteiger partial charge in [-0.1, -0.05) is 6.58 Å². The maximum atomic E-state index is 11.2. The van der Waals surface area contributed by atoms with E-state index in [1.54, 1.807) is 0 Å². The first-order chi connectivity index (χ1) is 7.24. The van der Waals surface area contributed by atoms with Crippen LogP contribution in [0.3, 0.4) is 0 Å². The van der Waals surface area contributed by atoms with E-state index in [0.29, 0.717) is 13.0 Å². The van der Waals surface area contributed by atoms with Crippen LogP contribution in [-0.2, 0) is 14.3 Å². The van der Waals surface area contributed by atoms with Crippen LogP contribution in [0.15, 0.2) is 12.7 Å². The lowest BCUT2D eigenvalue weighted by atomic mass is 10.3. The highest BCUT2D eigenvalue weighted by atomic mass is 16.5. The Bertz CT molecular complexity index is 250. The number of likely N-dealkylation sites (tertiary alicyclic amines) is 1. The second-order valence-electron chi connectivity index (χ2n) is 3.56. The molecular formula is C11H17NO3. The van der Waals surface area contributed by atoms with Gasteiger partial charge in [0.1, 0.15) is 0 Å². The highest BCUT2D eigenvalue weighted by Crippen LogP contribution is 2.10. The molecule has 0 aliphatic carbocycles. The first-order valence-corrected chi connectivity index (χ1v) is 5.31. The largest absolute Gasteiger partial charge is 0.463 e. The molecule has 0 aromatic rings. The molecule has 4 nitrogen and oxygen atoms in total. The quantitative estimate of drug-likeness (QED) is 0.376. The number of unbranched alkanes of at least 4 members (excludes halogenated alkanes) is 1. The van der Waals surface area contributed by atoms with Crippen LogP contribution in [0.25, 0.3) is 0 Å². The molecule has 1 amide bonds. The molecule has 1 saturated heterocycles. The van der Waals surface area contributed by atoms with Gasteiger partial charge in [-0.2, -0.15) is 0 Å². The third kappa shape index (κ3) is 4.14. The number of nitrogens with zero attached hydrogens (tertiary/aromatic N) is 1. The number of esters is 1. The standard InChI is InChI=1S/C11H17NO3/c1-2-11(14)15-9-4-3-7-12-8-5-6-10(12)13/h2H,1,3-9H2. The summed E-state index contributed by atoms with van der Waals surface area (Å²) in [7, 11) is 0. The number of rotatable bonds is 6. The lowest BCUT2D eigenvalue weighted by Crippen LogP contribution is -2.25. The van der Waals surface area contributed by atoms with Crippen molar-refractivity contribution in [2.75, 3.05) is 19.7 Å². The summed E-state index contributed by atoms with van der Waals surface area (Å²) < 4.78 is 4.82. The van der Waals surface area contributed by atoms with Gasteiger partial charge in [-0.25, -0.2) is 4.79 Å². The SMILES string of the molecule is C=CC(=O)OCCCCN1CCCC1=O. The summed E-state index contributed by atoms with van der Waals surface area (Å²) in [5, 5.41) is 0. The van der Waals surface area contributed by atoms with Crippen molar-refractivity contribution in [3.8, 4) is 0 Å². The second-order valence-corrected chi connectivity index (χ2v) is 3.56. The normalized spacial score (nSPS) is 15.5. The Morgan fingerprint density at radius 3 is 2.93 bits per heavy atom. The summed E-state index contributed by atoms with van der Waals surface area (Å²) in [6.45, 7) is 5.38. The summed E-state index contributed by atoms with van der Waals surface area (Å²) in [4.78, 5) is 23.8. The van der Waals surface area contributed by atoms with Crippen molar-refractivity contribution in [3.63, 3.8) is 0 Å². The molecule has 4 heteroatoms. The third-order valence-corrected chi connectivity index (χ3v) is 2.40. The van der Waals surface area contributed by atoms with E-state index in [9.17, 15) is 9.59 Å². The highest BCUT2D eigenvalue weighted by molar-refractivity contribution is 5.81. The summed E-state index contributed by atoms with van der Waals surface area (Å²) in [5.74, 6) is -0.134. The number of carbonyl (C=O) groups is 2. The van der Waals surface area contributed by atoms with Crippen LogP contribution in [0.2, 0.25) is 0 Å². The Kier molecular flexibility index (Phi) is 4.87. The van der Waals surface area contributed by atoms with E-state index < -0.39 is 0 Å². The fourth-order valence-corrected chi connectivity index (χ4v) is 1.58. The molecule has 1 rings (SSSR count). The van der Waals surface area contributed by atoms with Gasteiger partial charge < -0.3 is 9.64 Å². The van der Waals surface area contributed by atoms with E-state index in [2.05, 4.69) is 6.58 Å². The third-order valence-electron chi connectivity index (χ3n) is 2.40. The monoisotopic (exact) mass is 211 g/mol. The van der Waals surface area contributed by atoms with Gasteiger partial charge in [-0.15, -0.1) is 0 Å². The topological polar surface area (TPSA) is 46.6 Å². The molecule has 0 radical (unpaired) electrons. The van der Waals surface area contributed by atoms with E-state index in [0.717, 1.165) is 38.4 Å². The van der Waals surface area contributed by atoms with Crippen molar-refractivity contribution in [3.05, 3.63) is 12.7 Å². The van der Waals surface area contributed by atoms with Crippen molar-refractivity contribution in [2.45, 2.75) is 25.7 Å². The molecule has 15 heavy (non-hydrogen) atoms. The van der Waals surface area contributed by atoms with Gasteiger partial charge in [0.2, 0.25) is 5.91 Å². The van der Waals surface area contributed by atoms with Crippen molar-refractivity contribution in [1.29, 1.82) is 0 Å². The minimum Gasteiger partial charge on any atom is -0.463 e. The van der Waals surface area contributed by atoms with Gasteiger partial charge in [0.15, 0.2) is 0 Å². The first kappa shape index (κ1) is 11.8. The number of carbonyl (C=O) groups excluding carboxylic acids is 2. The predicted molar refractivity (Wildman–Crippen MR) is 56.2 cm³/mol. The van der Waals surface area contributed by atoms with E-state index in [-0.39, 0.29) is 11.9 Å². The van der Waals surface area contributed by atoms with E-state index in [1.807, 2.05) is 4.90 Å². The van der Waals surface area contributed by atoms with Gasteiger partial charge >= 0.3 is 5.97 Å². The Morgan fingerprint density at radius 1 is 1.53 bits per heavy atom. The molecule has 0 spiro atoms. The molecule has 1 heterocycles. The summed E-state index contributed by atoms with van der Waals surface area (Å²) in [6, 6.07) is 0. The molecule has 1 aliphatic rings. The van der Waals surface area contributed by atoms with E-state index >= 15 is 0 Å². The molecular weight excluding hydrogens is 194 g/mol. The predicted octanol–water partition coefficient (Wildman–Crippen LogP) is 1.12. The fourth-order valence-electron chi connectivity index (χ4n) is 1.58. The number of hydrogen-bond donors (Lipinski definition) is 0. The molecule has 0 aromatic carbocycles. The van der Waals surface area contributed by atoms with Gasteiger partial charge in [-0.05, 0) is 19.3 Å². The Balaban J connectivity index is 1.99. The lowest BCUT2D eigenvalue weighted by molar-refractivity contribution is -0.138. The van der Waals surface area contributed by atoms with Gasteiger partial charge in [-0.3, -0.25) is 4.79 Å². The van der Waals surface area contributed by atoms with Crippen LogP contribution in [-0.4, -0.2) is 36.5 Å². The molecule has 0 unspecified atom stereocenters. The zero-order chi connectivity index (χ0) is 11.1. The van der Waals surface area contributed by atoms with Crippen LogP contribution < -0.4 is 0 Å². The first-order valence-electron chi connectivity index (χ1n) is 5.31. The minimum absolute atomic E-state index is 0.248. The average Bonchev–Trinajstić information content (AvgIpc) is 2.63. The summed E-state index contributed by atoms with van der Waals surface area (Å²) in [5.41, 5.74) is 0. The van der Waals surface area contributed by atoms with Gasteiger partial charge in [0, 0.05) is 25.6 Å². The zero-order valence-corrected chi connectivity index (χ0v) is 8.91. The van der Waals surface area contributed by atoms with Crippen LogP contribution >= 0.6 is 0 Å². The molecule has 0 aromatic heterocycles. The average molecular weight is 211 g/mol. The Morgan fingerprint density at radius 2 is 2.33 bits per heavy atom. The molecule has 0 N–H and O–H groups in total. The Hall–Kier alpha value is -1.32. The molecule has 0 atom stereocenters. The van der Waals surface area contributed by atoms with Crippen LogP contribution in [0, 0.1) is 0 Å². The number of amides is 1. The maximum Gasteiger partial charge on any atom is 0.330 e. The molecule has 0 saturated carbocycles. The highest BCUT2D eigenvalue weighted by Gasteiger charge is 2.18. The molecule has 0 bridgehead atoms. The molecule has 84 valence electrons. The van der Waals surface area contributed by atoms with Crippen molar-refractivity contribution >= 4 is 11.9 Å². The summed E-state index contributed by atoms with van der Waals surface area (Å²) in [6.07, 6.45) is 4.50. The smallest absolute Gasteiger partial charge is 0.330 e. The van der Waals surface area contributed by atoms with Crippen molar-refractivity contribution in [1.82, 2.24) is 4.90 Å². The number of ether oxygens (including phenoxy) is 1. The summed E-state index contributed by atoms with van der Waals surface area (Å²) >= 11 is 0. The van der Waals surface area contributed by atoms with Crippen LogP contribution in [0.1, 0.15) is 25.7 Å². The van der Waals surface area contributed by atoms with E-state index in [1.165, 1.54) is 0 Å². The lowest BCUT2D eigenvalue weighted by Gasteiger charge is -2.14. The van der Waals surface area contributed by atoms with Crippen LogP contribution in [0.4, 0.5) is 0 Å². The van der Waals surface area contributed by atoms with Crippen LogP contribution in [0.5, 0.6) is 0 Å². The molecule has 1 aliphatic heterocycles. The minimum atomic E-state index is -0.382. The Labute approximate surface area is 89.9 Å².